The average molecular weight is 444 g/mol. The van der Waals surface area contributed by atoms with Crippen LogP contribution in [0.15, 0.2) is 36.4 Å². The molecule has 168 valence electrons. The summed E-state index contributed by atoms with van der Waals surface area (Å²) in [6, 6.07) is 12.8. The molecule has 4 rings (SSSR count). The molecule has 2 aliphatic rings. The van der Waals surface area contributed by atoms with Gasteiger partial charge in [-0.15, -0.1) is 12.4 Å². The number of halogens is 1. The van der Waals surface area contributed by atoms with Crippen LogP contribution >= 0.6 is 12.4 Å². The molecule has 7 heteroatoms. The van der Waals surface area contributed by atoms with Crippen LogP contribution in [0, 0.1) is 0 Å². The average Bonchev–Trinajstić information content (AvgIpc) is 3.62. The van der Waals surface area contributed by atoms with Gasteiger partial charge in [0.05, 0.1) is 5.56 Å². The standard InChI is InChI=1S/C24H33N5O.ClH/c1-4-13-25-23-20(24(30)27(2)3)11-12-22(26-23)29-16-14-28(15-17-29)21-8-6-5-7-19(21)18-9-10-18;/h5-8,11-12,18H,4,9-10,13-17H2,1-3H3,(H,25,26);1H. The summed E-state index contributed by atoms with van der Waals surface area (Å²) in [5.41, 5.74) is 3.56. The van der Waals surface area contributed by atoms with Crippen molar-refractivity contribution in [3.63, 3.8) is 0 Å². The van der Waals surface area contributed by atoms with Crippen LogP contribution in [-0.2, 0) is 0 Å². The van der Waals surface area contributed by atoms with Crippen molar-refractivity contribution in [1.82, 2.24) is 9.88 Å². The molecule has 6 nitrogen and oxygen atoms in total. The molecule has 0 unspecified atom stereocenters. The third kappa shape index (κ3) is 5.24. The molecule has 1 aromatic heterocycles. The highest BCUT2D eigenvalue weighted by Gasteiger charge is 2.29. The van der Waals surface area contributed by atoms with E-state index >= 15 is 0 Å². The van der Waals surface area contributed by atoms with E-state index in [1.54, 1.807) is 19.0 Å². The number of hydrogen-bond acceptors (Lipinski definition) is 5. The Bertz CT molecular complexity index is 891. The number of amides is 1. The highest BCUT2D eigenvalue weighted by Crippen LogP contribution is 2.44. The van der Waals surface area contributed by atoms with Gasteiger partial charge in [-0.1, -0.05) is 25.1 Å². The third-order valence-corrected chi connectivity index (χ3v) is 5.96. The van der Waals surface area contributed by atoms with Crippen molar-refractivity contribution in [3.05, 3.63) is 47.5 Å². The van der Waals surface area contributed by atoms with Gasteiger partial charge < -0.3 is 20.0 Å². The van der Waals surface area contributed by atoms with E-state index in [4.69, 9.17) is 4.98 Å². The SMILES string of the molecule is CCCNc1nc(N2CCN(c3ccccc3C3CC3)CC2)ccc1C(=O)N(C)C.Cl. The number of nitrogens with zero attached hydrogens (tertiary/aromatic N) is 4. The number of hydrogen-bond donors (Lipinski definition) is 1. The summed E-state index contributed by atoms with van der Waals surface area (Å²) in [4.78, 5) is 23.8. The Kier molecular flexibility index (Phi) is 7.65. The molecule has 2 heterocycles. The highest BCUT2D eigenvalue weighted by atomic mass is 35.5. The second-order valence-corrected chi connectivity index (χ2v) is 8.50. The predicted molar refractivity (Wildman–Crippen MR) is 131 cm³/mol. The summed E-state index contributed by atoms with van der Waals surface area (Å²) in [7, 11) is 3.55. The quantitative estimate of drug-likeness (QED) is 0.693. The number of benzene rings is 1. The Morgan fingerprint density at radius 3 is 2.39 bits per heavy atom. The first-order chi connectivity index (χ1) is 14.6. The lowest BCUT2D eigenvalue weighted by molar-refractivity contribution is 0.0828. The van der Waals surface area contributed by atoms with Crippen LogP contribution in [0.5, 0.6) is 0 Å². The van der Waals surface area contributed by atoms with Crippen molar-refractivity contribution in [2.75, 3.05) is 61.9 Å². The number of piperazine rings is 1. The van der Waals surface area contributed by atoms with Crippen LogP contribution in [0.4, 0.5) is 17.3 Å². The van der Waals surface area contributed by atoms with Crippen molar-refractivity contribution in [3.8, 4) is 0 Å². The summed E-state index contributed by atoms with van der Waals surface area (Å²) in [6.45, 7) is 6.75. The van der Waals surface area contributed by atoms with Crippen LogP contribution in [0.1, 0.15) is 48.0 Å². The van der Waals surface area contributed by atoms with E-state index in [0.29, 0.717) is 11.4 Å². The molecular weight excluding hydrogens is 410 g/mol. The van der Waals surface area contributed by atoms with Crippen LogP contribution in [0.2, 0.25) is 0 Å². The van der Waals surface area contributed by atoms with Gasteiger partial charge in [-0.3, -0.25) is 4.79 Å². The van der Waals surface area contributed by atoms with E-state index in [1.807, 2.05) is 12.1 Å². The first-order valence-corrected chi connectivity index (χ1v) is 11.1. The first kappa shape index (κ1) is 23.2. The van der Waals surface area contributed by atoms with Gasteiger partial charge in [-0.25, -0.2) is 4.98 Å². The molecule has 1 aromatic carbocycles. The van der Waals surface area contributed by atoms with Crippen molar-refractivity contribution < 1.29 is 4.79 Å². The fourth-order valence-corrected chi connectivity index (χ4v) is 4.11. The number of anilines is 3. The molecule has 0 bridgehead atoms. The fraction of sp³-hybridized carbons (Fsp3) is 0.500. The molecule has 1 saturated heterocycles. The van der Waals surface area contributed by atoms with E-state index in [2.05, 4.69) is 46.3 Å². The monoisotopic (exact) mass is 443 g/mol. The van der Waals surface area contributed by atoms with Crippen LogP contribution < -0.4 is 15.1 Å². The van der Waals surface area contributed by atoms with Gasteiger partial charge >= 0.3 is 0 Å². The molecule has 1 N–H and O–H groups in total. The first-order valence-electron chi connectivity index (χ1n) is 11.1. The Morgan fingerprint density at radius 1 is 1.06 bits per heavy atom. The minimum Gasteiger partial charge on any atom is -0.369 e. The molecule has 1 saturated carbocycles. The molecular formula is C24H34ClN5O. The predicted octanol–water partition coefficient (Wildman–Crippen LogP) is 4.23. The smallest absolute Gasteiger partial charge is 0.257 e. The number of nitrogens with one attached hydrogen (secondary N) is 1. The largest absolute Gasteiger partial charge is 0.369 e. The zero-order valence-corrected chi connectivity index (χ0v) is 19.6. The molecule has 0 radical (unpaired) electrons. The maximum absolute atomic E-state index is 12.5. The van der Waals surface area contributed by atoms with Gasteiger partial charge in [0, 0.05) is 52.5 Å². The molecule has 1 amide bonds. The molecule has 2 aromatic rings. The van der Waals surface area contributed by atoms with E-state index in [0.717, 1.165) is 50.9 Å². The van der Waals surface area contributed by atoms with Crippen LogP contribution in [0.25, 0.3) is 0 Å². The van der Waals surface area contributed by atoms with Gasteiger partial charge in [-0.2, -0.15) is 0 Å². The number of carbonyl (C=O) groups excluding carboxylic acids is 1. The fourth-order valence-electron chi connectivity index (χ4n) is 4.11. The minimum absolute atomic E-state index is 0. The van der Waals surface area contributed by atoms with Crippen LogP contribution in [-0.4, -0.2) is 62.6 Å². The number of carbonyl (C=O) groups is 1. The molecule has 0 atom stereocenters. The van der Waals surface area contributed by atoms with Gasteiger partial charge in [0.2, 0.25) is 0 Å². The topological polar surface area (TPSA) is 51.7 Å². The second-order valence-electron chi connectivity index (χ2n) is 8.50. The van der Waals surface area contributed by atoms with Gasteiger partial charge in [0.25, 0.3) is 5.91 Å². The van der Waals surface area contributed by atoms with Crippen molar-refractivity contribution >= 4 is 35.6 Å². The Balaban J connectivity index is 0.00000272. The normalized spacial score (nSPS) is 16.0. The van der Waals surface area contributed by atoms with Crippen molar-refractivity contribution in [2.45, 2.75) is 32.1 Å². The third-order valence-electron chi connectivity index (χ3n) is 5.96. The maximum atomic E-state index is 12.5. The number of aromatic nitrogens is 1. The number of rotatable bonds is 7. The van der Waals surface area contributed by atoms with Gasteiger partial charge in [0.15, 0.2) is 0 Å². The van der Waals surface area contributed by atoms with Crippen LogP contribution in [0.3, 0.4) is 0 Å². The second kappa shape index (κ2) is 10.2. The molecule has 1 aliphatic heterocycles. The molecule has 2 fully saturated rings. The molecule has 31 heavy (non-hydrogen) atoms. The summed E-state index contributed by atoms with van der Waals surface area (Å²) in [6.07, 6.45) is 3.64. The number of pyridine rings is 1. The lowest BCUT2D eigenvalue weighted by atomic mass is 10.1. The highest BCUT2D eigenvalue weighted by molar-refractivity contribution is 5.98. The zero-order valence-electron chi connectivity index (χ0n) is 18.8. The van der Waals surface area contributed by atoms with Gasteiger partial charge in [-0.05, 0) is 48.9 Å². The van der Waals surface area contributed by atoms with Gasteiger partial charge in [0.1, 0.15) is 11.6 Å². The van der Waals surface area contributed by atoms with E-state index in [-0.39, 0.29) is 18.3 Å². The number of para-hydroxylation sites is 1. The minimum atomic E-state index is -0.0193. The summed E-state index contributed by atoms with van der Waals surface area (Å²) in [5.74, 6) is 2.37. The summed E-state index contributed by atoms with van der Waals surface area (Å²) in [5, 5.41) is 3.34. The molecule has 1 aliphatic carbocycles. The maximum Gasteiger partial charge on any atom is 0.257 e. The summed E-state index contributed by atoms with van der Waals surface area (Å²) >= 11 is 0. The lowest BCUT2D eigenvalue weighted by Gasteiger charge is -2.38. The summed E-state index contributed by atoms with van der Waals surface area (Å²) < 4.78 is 0. The lowest BCUT2D eigenvalue weighted by Crippen LogP contribution is -2.47. The van der Waals surface area contributed by atoms with E-state index < -0.39 is 0 Å². The Hall–Kier alpha value is -2.47. The van der Waals surface area contributed by atoms with E-state index in [9.17, 15) is 4.79 Å². The zero-order chi connectivity index (χ0) is 21.1. The molecule has 0 spiro atoms. The van der Waals surface area contributed by atoms with E-state index in [1.165, 1.54) is 24.1 Å². The Labute approximate surface area is 192 Å². The Morgan fingerprint density at radius 2 is 1.74 bits per heavy atom. The van der Waals surface area contributed by atoms with Crippen molar-refractivity contribution in [2.24, 2.45) is 0 Å². The van der Waals surface area contributed by atoms with Crippen molar-refractivity contribution in [1.29, 1.82) is 0 Å².